The van der Waals surface area contributed by atoms with E-state index in [0.29, 0.717) is 13.2 Å². The van der Waals surface area contributed by atoms with E-state index in [-0.39, 0.29) is 5.91 Å². The first-order valence-electron chi connectivity index (χ1n) is 5.48. The van der Waals surface area contributed by atoms with Gasteiger partial charge in [0.25, 0.3) is 0 Å². The number of hydrogen-bond donors (Lipinski definition) is 2. The molecule has 6 heteroatoms. The number of likely N-dealkylation sites (N-methyl/N-ethyl adjacent to an activating group) is 1. The van der Waals surface area contributed by atoms with E-state index in [4.69, 9.17) is 9.84 Å². The van der Waals surface area contributed by atoms with Gasteiger partial charge in [0.05, 0.1) is 12.6 Å². The van der Waals surface area contributed by atoms with Crippen LogP contribution in [0.5, 0.6) is 0 Å². The maximum absolute atomic E-state index is 11.7. The number of carboxylic acids is 1. The number of hydrogen-bond acceptors (Lipinski definition) is 4. The number of carbonyl (C=O) groups excluding carboxylic acids is 1. The molecule has 0 rings (SSSR count). The van der Waals surface area contributed by atoms with E-state index < -0.39 is 17.6 Å². The molecule has 1 unspecified atom stereocenters. The summed E-state index contributed by atoms with van der Waals surface area (Å²) < 4.78 is 4.82. The number of amides is 1. The average Bonchev–Trinajstić information content (AvgIpc) is 2.26. The van der Waals surface area contributed by atoms with Crippen LogP contribution in [-0.4, -0.2) is 60.8 Å². The second-order valence-electron chi connectivity index (χ2n) is 4.43. The lowest BCUT2D eigenvalue weighted by Crippen LogP contribution is -2.56. The Morgan fingerprint density at radius 1 is 1.47 bits per heavy atom. The normalized spacial score (nSPS) is 13.5. The maximum atomic E-state index is 11.7. The number of aliphatic carboxylic acids is 1. The highest BCUT2D eigenvalue weighted by Gasteiger charge is 2.36. The molecule has 0 radical (unpaired) electrons. The molecule has 0 heterocycles. The van der Waals surface area contributed by atoms with Crippen LogP contribution in [-0.2, 0) is 14.3 Å². The van der Waals surface area contributed by atoms with E-state index in [1.54, 1.807) is 34.9 Å². The number of rotatable bonds is 7. The topological polar surface area (TPSA) is 78.9 Å². The molecule has 1 amide bonds. The van der Waals surface area contributed by atoms with Gasteiger partial charge < -0.3 is 15.2 Å². The van der Waals surface area contributed by atoms with Gasteiger partial charge in [-0.25, -0.2) is 0 Å². The Morgan fingerprint density at radius 2 is 2.00 bits per heavy atom. The van der Waals surface area contributed by atoms with Crippen molar-refractivity contribution in [3.63, 3.8) is 0 Å². The molecule has 0 aromatic carbocycles. The van der Waals surface area contributed by atoms with E-state index in [1.807, 2.05) is 0 Å². The first-order chi connectivity index (χ1) is 7.75. The quantitative estimate of drug-likeness (QED) is 0.615. The minimum Gasteiger partial charge on any atom is -0.480 e. The summed E-state index contributed by atoms with van der Waals surface area (Å²) in [6, 6.07) is -0.516. The van der Waals surface area contributed by atoms with Crippen molar-refractivity contribution in [2.45, 2.75) is 32.4 Å². The van der Waals surface area contributed by atoms with Crippen LogP contribution < -0.4 is 5.32 Å². The Kier molecular flexibility index (Phi) is 6.12. The maximum Gasteiger partial charge on any atom is 0.323 e. The summed E-state index contributed by atoms with van der Waals surface area (Å²) in [6.07, 6.45) is 0. The van der Waals surface area contributed by atoms with Crippen molar-refractivity contribution in [2.24, 2.45) is 0 Å². The zero-order valence-corrected chi connectivity index (χ0v) is 11.1. The minimum absolute atomic E-state index is 0.209. The monoisotopic (exact) mass is 246 g/mol. The number of carboxylic acid groups (broad SMARTS) is 1. The van der Waals surface area contributed by atoms with Gasteiger partial charge in [-0.15, -0.1) is 0 Å². The second kappa shape index (κ2) is 6.56. The van der Waals surface area contributed by atoms with E-state index in [9.17, 15) is 9.59 Å². The summed E-state index contributed by atoms with van der Waals surface area (Å²) in [5.74, 6) is -1.17. The van der Waals surface area contributed by atoms with Crippen LogP contribution in [0.15, 0.2) is 0 Å². The molecule has 2 N–H and O–H groups in total. The fourth-order valence-electron chi connectivity index (χ4n) is 1.23. The fraction of sp³-hybridized carbons (Fsp3) is 0.818. The summed E-state index contributed by atoms with van der Waals surface area (Å²) in [5, 5.41) is 11.7. The first kappa shape index (κ1) is 15.9. The average molecular weight is 246 g/mol. The minimum atomic E-state index is -1.09. The molecule has 0 aliphatic rings. The van der Waals surface area contributed by atoms with Gasteiger partial charge in [-0.2, -0.15) is 0 Å². The third kappa shape index (κ3) is 4.32. The Labute approximate surface area is 102 Å². The number of carbonyl (C=O) groups is 2. The number of nitrogens with one attached hydrogen (secondary N) is 1. The highest BCUT2D eigenvalue weighted by molar-refractivity contribution is 5.83. The summed E-state index contributed by atoms with van der Waals surface area (Å²) >= 11 is 0. The number of nitrogens with zero attached hydrogens (tertiary/aromatic N) is 1. The van der Waals surface area contributed by atoms with Gasteiger partial charge in [-0.1, -0.05) is 0 Å². The zero-order valence-electron chi connectivity index (χ0n) is 11.1. The summed E-state index contributed by atoms with van der Waals surface area (Å²) in [4.78, 5) is 24.3. The smallest absolute Gasteiger partial charge is 0.323 e. The van der Waals surface area contributed by atoms with Crippen LogP contribution in [0.3, 0.4) is 0 Å². The summed E-state index contributed by atoms with van der Waals surface area (Å²) in [6.45, 7) is 5.65. The molecule has 0 aliphatic heterocycles. The van der Waals surface area contributed by atoms with Crippen molar-refractivity contribution < 1.29 is 19.4 Å². The summed E-state index contributed by atoms with van der Waals surface area (Å²) in [7, 11) is 3.17. The molecule has 1 atom stereocenters. The van der Waals surface area contributed by atoms with Crippen LogP contribution in [0.4, 0.5) is 0 Å². The first-order valence-corrected chi connectivity index (χ1v) is 5.48. The molecule has 0 aliphatic carbocycles. The Morgan fingerprint density at radius 3 is 2.41 bits per heavy atom. The molecule has 17 heavy (non-hydrogen) atoms. The molecular formula is C11H22N2O4. The lowest BCUT2D eigenvalue weighted by molar-refractivity contribution is -0.151. The van der Waals surface area contributed by atoms with Crippen LogP contribution in [0.1, 0.15) is 20.8 Å². The van der Waals surface area contributed by atoms with E-state index in [1.165, 1.54) is 4.90 Å². The predicted octanol–water partition coefficient (Wildman–Crippen LogP) is -0.0675. The highest BCUT2D eigenvalue weighted by Crippen LogP contribution is 2.15. The summed E-state index contributed by atoms with van der Waals surface area (Å²) in [5.41, 5.74) is -1.09. The van der Waals surface area contributed by atoms with Gasteiger partial charge >= 0.3 is 5.97 Å². The van der Waals surface area contributed by atoms with Crippen LogP contribution >= 0.6 is 0 Å². The molecule has 0 fully saturated rings. The van der Waals surface area contributed by atoms with Gasteiger partial charge in [0.15, 0.2) is 0 Å². The van der Waals surface area contributed by atoms with Crippen molar-refractivity contribution in [2.75, 3.05) is 27.3 Å². The third-order valence-corrected chi connectivity index (χ3v) is 2.97. The third-order valence-electron chi connectivity index (χ3n) is 2.97. The Bertz CT molecular complexity index is 279. The highest BCUT2D eigenvalue weighted by atomic mass is 16.5. The van der Waals surface area contributed by atoms with Gasteiger partial charge in [0, 0.05) is 13.7 Å². The van der Waals surface area contributed by atoms with Crippen molar-refractivity contribution in [1.29, 1.82) is 0 Å². The van der Waals surface area contributed by atoms with E-state index >= 15 is 0 Å². The zero-order chi connectivity index (χ0) is 13.6. The van der Waals surface area contributed by atoms with Crippen molar-refractivity contribution >= 4 is 11.9 Å². The van der Waals surface area contributed by atoms with Crippen molar-refractivity contribution in [3.05, 3.63) is 0 Å². The van der Waals surface area contributed by atoms with Gasteiger partial charge in [-0.3, -0.25) is 14.5 Å². The largest absolute Gasteiger partial charge is 0.480 e. The molecule has 0 aromatic heterocycles. The SMILES string of the molecule is COCCNC(=O)C(C)N(C)C(C)(C)C(=O)O. The predicted molar refractivity (Wildman–Crippen MR) is 63.8 cm³/mol. The van der Waals surface area contributed by atoms with Crippen molar-refractivity contribution in [1.82, 2.24) is 10.2 Å². The molecule has 100 valence electrons. The molecule has 0 bridgehead atoms. The molecular weight excluding hydrogens is 224 g/mol. The number of methoxy groups -OCH3 is 1. The molecule has 0 aromatic rings. The number of ether oxygens (including phenoxy) is 1. The standard InChI is InChI=1S/C11H22N2O4/c1-8(9(14)12-6-7-17-5)13(4)11(2,3)10(15)16/h8H,6-7H2,1-5H3,(H,12,14)(H,15,16). The second-order valence-corrected chi connectivity index (χ2v) is 4.43. The van der Waals surface area contributed by atoms with Crippen LogP contribution in [0.2, 0.25) is 0 Å². The van der Waals surface area contributed by atoms with E-state index in [0.717, 1.165) is 0 Å². The van der Waals surface area contributed by atoms with Gasteiger partial charge in [-0.05, 0) is 27.8 Å². The van der Waals surface area contributed by atoms with Crippen LogP contribution in [0, 0.1) is 0 Å². The van der Waals surface area contributed by atoms with E-state index in [2.05, 4.69) is 5.32 Å². The molecule has 0 saturated heterocycles. The van der Waals surface area contributed by atoms with Crippen molar-refractivity contribution in [3.8, 4) is 0 Å². The molecule has 6 nitrogen and oxygen atoms in total. The fourth-order valence-corrected chi connectivity index (χ4v) is 1.23. The van der Waals surface area contributed by atoms with Gasteiger partial charge in [0.2, 0.25) is 5.91 Å². The molecule has 0 spiro atoms. The lowest BCUT2D eigenvalue weighted by Gasteiger charge is -2.35. The molecule has 0 saturated carbocycles. The lowest BCUT2D eigenvalue weighted by atomic mass is 10.0. The Hall–Kier alpha value is -1.14. The van der Waals surface area contributed by atoms with Crippen LogP contribution in [0.25, 0.3) is 0 Å². The van der Waals surface area contributed by atoms with Gasteiger partial charge in [0.1, 0.15) is 5.54 Å². The Balaban J connectivity index is 4.43.